The van der Waals surface area contributed by atoms with Crippen molar-refractivity contribution in [3.8, 4) is 11.1 Å². The fourth-order valence-electron chi connectivity index (χ4n) is 3.07. The zero-order valence-electron chi connectivity index (χ0n) is 14.3. The molecule has 0 bridgehead atoms. The summed E-state index contributed by atoms with van der Waals surface area (Å²) in [5, 5.41) is 12.9. The highest BCUT2D eigenvalue weighted by molar-refractivity contribution is 5.90. The van der Waals surface area contributed by atoms with Crippen molar-refractivity contribution in [2.24, 2.45) is 11.1 Å². The van der Waals surface area contributed by atoms with E-state index in [1.807, 2.05) is 35.2 Å². The van der Waals surface area contributed by atoms with E-state index in [2.05, 4.69) is 5.16 Å². The number of rotatable bonds is 7. The number of hydrogen-bond donors (Lipinski definition) is 1. The quantitative estimate of drug-likeness (QED) is 0.470. The Hall–Kier alpha value is -2.73. The van der Waals surface area contributed by atoms with Crippen molar-refractivity contribution in [3.63, 3.8) is 0 Å². The number of likely N-dealkylation sites (tertiary alicyclic amines) is 1. The minimum absolute atomic E-state index is 0.292. The second-order valence-corrected chi connectivity index (χ2v) is 6.29. The van der Waals surface area contributed by atoms with Gasteiger partial charge < -0.3 is 9.94 Å². The smallest absolute Gasteiger partial charge is 0.307 e. The first-order chi connectivity index (χ1) is 12.6. The van der Waals surface area contributed by atoms with E-state index in [4.69, 9.17) is 9.94 Å². The second kappa shape index (κ2) is 8.58. The summed E-state index contributed by atoms with van der Waals surface area (Å²) >= 11 is 0. The lowest BCUT2D eigenvalue weighted by Crippen LogP contribution is -2.26. The first kappa shape index (κ1) is 18.1. The van der Waals surface area contributed by atoms with Gasteiger partial charge in [0, 0.05) is 18.7 Å². The van der Waals surface area contributed by atoms with Crippen molar-refractivity contribution >= 4 is 12.2 Å². The first-order valence-corrected chi connectivity index (χ1v) is 8.59. The van der Waals surface area contributed by atoms with Crippen molar-refractivity contribution in [1.29, 1.82) is 0 Å². The van der Waals surface area contributed by atoms with Crippen LogP contribution in [0, 0.1) is 11.7 Å². The molecule has 0 radical (unpaired) electrons. The second-order valence-electron chi connectivity index (χ2n) is 6.29. The molecule has 1 aliphatic rings. The van der Waals surface area contributed by atoms with Crippen LogP contribution in [0.25, 0.3) is 11.1 Å². The van der Waals surface area contributed by atoms with E-state index >= 15 is 0 Å². The zero-order valence-corrected chi connectivity index (χ0v) is 14.3. The summed E-state index contributed by atoms with van der Waals surface area (Å²) in [7, 11) is 0. The van der Waals surface area contributed by atoms with Crippen molar-refractivity contribution in [2.45, 2.75) is 6.42 Å². The molecule has 5 nitrogen and oxygen atoms in total. The highest BCUT2D eigenvalue weighted by Crippen LogP contribution is 2.23. The standard InChI is InChI=1S/C20H21FN2O3/c21-18-6-7-19(15-4-2-1-3-5-15)17(12-18)13-22-26-11-10-23-9-8-16(14-23)20(24)25/h1-7,12-13,16H,8-11,14H2,(H,24,25)/b22-13+. The van der Waals surface area contributed by atoms with E-state index < -0.39 is 5.97 Å². The molecule has 0 aliphatic carbocycles. The summed E-state index contributed by atoms with van der Waals surface area (Å²) in [5.74, 6) is -1.37. The molecule has 136 valence electrons. The van der Waals surface area contributed by atoms with Gasteiger partial charge in [-0.2, -0.15) is 0 Å². The Morgan fingerprint density at radius 1 is 1.31 bits per heavy atom. The van der Waals surface area contributed by atoms with E-state index in [1.165, 1.54) is 18.3 Å². The van der Waals surface area contributed by atoms with Gasteiger partial charge in [-0.3, -0.25) is 9.69 Å². The largest absolute Gasteiger partial charge is 0.481 e. The Morgan fingerprint density at radius 3 is 2.85 bits per heavy atom. The molecule has 1 saturated heterocycles. The molecule has 1 fully saturated rings. The molecule has 26 heavy (non-hydrogen) atoms. The van der Waals surface area contributed by atoms with Gasteiger partial charge in [0.25, 0.3) is 0 Å². The molecule has 1 unspecified atom stereocenters. The molecule has 1 heterocycles. The molecule has 0 amide bonds. The summed E-state index contributed by atoms with van der Waals surface area (Å²) in [6.07, 6.45) is 2.18. The number of carbonyl (C=O) groups is 1. The lowest BCUT2D eigenvalue weighted by Gasteiger charge is -2.13. The molecule has 1 N–H and O–H groups in total. The van der Waals surface area contributed by atoms with Crippen molar-refractivity contribution in [3.05, 3.63) is 59.9 Å². The van der Waals surface area contributed by atoms with E-state index in [0.29, 0.717) is 31.7 Å². The maximum Gasteiger partial charge on any atom is 0.307 e. The van der Waals surface area contributed by atoms with E-state index in [1.54, 1.807) is 6.07 Å². The van der Waals surface area contributed by atoms with Crippen LogP contribution in [-0.2, 0) is 9.63 Å². The summed E-state index contributed by atoms with van der Waals surface area (Å²) < 4.78 is 13.6. The summed E-state index contributed by atoms with van der Waals surface area (Å²) in [6.45, 7) is 2.28. The number of halogens is 1. The van der Waals surface area contributed by atoms with Gasteiger partial charge in [-0.25, -0.2) is 4.39 Å². The van der Waals surface area contributed by atoms with Crippen molar-refractivity contribution in [1.82, 2.24) is 4.90 Å². The maximum absolute atomic E-state index is 13.6. The van der Waals surface area contributed by atoms with Gasteiger partial charge in [-0.05, 0) is 36.2 Å². The molecule has 1 atom stereocenters. The van der Waals surface area contributed by atoms with Gasteiger partial charge in [0.2, 0.25) is 0 Å². The van der Waals surface area contributed by atoms with Crippen LogP contribution < -0.4 is 0 Å². The predicted molar refractivity (Wildman–Crippen MR) is 97.6 cm³/mol. The molecule has 2 aromatic rings. The third-order valence-corrected chi connectivity index (χ3v) is 4.49. The van der Waals surface area contributed by atoms with Gasteiger partial charge in [0.1, 0.15) is 12.4 Å². The predicted octanol–water partition coefficient (Wildman–Crippen LogP) is 3.25. The van der Waals surface area contributed by atoms with Crippen LogP contribution in [0.15, 0.2) is 53.7 Å². The number of carboxylic acids is 1. The molecule has 0 spiro atoms. The molecule has 0 saturated carbocycles. The monoisotopic (exact) mass is 356 g/mol. The lowest BCUT2D eigenvalue weighted by molar-refractivity contribution is -0.141. The molecular weight excluding hydrogens is 335 g/mol. The lowest BCUT2D eigenvalue weighted by atomic mass is 10.0. The molecule has 3 rings (SSSR count). The molecule has 1 aliphatic heterocycles. The Labute approximate surface area is 151 Å². The van der Waals surface area contributed by atoms with E-state index in [0.717, 1.165) is 17.7 Å². The van der Waals surface area contributed by atoms with E-state index in [-0.39, 0.29) is 11.7 Å². The fourth-order valence-corrected chi connectivity index (χ4v) is 3.07. The molecule has 6 heteroatoms. The number of benzene rings is 2. The summed E-state index contributed by atoms with van der Waals surface area (Å²) in [5.41, 5.74) is 2.50. The SMILES string of the molecule is O=C(O)C1CCN(CCO/N=C/c2cc(F)ccc2-c2ccccc2)C1. The van der Waals surface area contributed by atoms with Crippen LogP contribution in [-0.4, -0.2) is 48.4 Å². The van der Waals surface area contributed by atoms with Crippen molar-refractivity contribution < 1.29 is 19.1 Å². The average Bonchev–Trinajstić information content (AvgIpc) is 3.12. The topological polar surface area (TPSA) is 62.1 Å². The Bertz CT molecular complexity index is 780. The van der Waals surface area contributed by atoms with E-state index in [9.17, 15) is 9.18 Å². The van der Waals surface area contributed by atoms with Crippen LogP contribution >= 0.6 is 0 Å². The minimum atomic E-state index is -0.744. The van der Waals surface area contributed by atoms with Gasteiger partial charge in [-0.15, -0.1) is 0 Å². The van der Waals surface area contributed by atoms with Crippen LogP contribution in [0.2, 0.25) is 0 Å². The van der Waals surface area contributed by atoms with Gasteiger partial charge >= 0.3 is 5.97 Å². The highest BCUT2D eigenvalue weighted by atomic mass is 19.1. The Kier molecular flexibility index (Phi) is 5.96. The number of oxime groups is 1. The third kappa shape index (κ3) is 4.67. The van der Waals surface area contributed by atoms with Crippen LogP contribution in [0.4, 0.5) is 4.39 Å². The zero-order chi connectivity index (χ0) is 18.4. The maximum atomic E-state index is 13.6. The average molecular weight is 356 g/mol. The van der Waals surface area contributed by atoms with Gasteiger partial charge in [-0.1, -0.05) is 41.6 Å². The number of carboxylic acid groups (broad SMARTS) is 1. The first-order valence-electron chi connectivity index (χ1n) is 8.59. The Morgan fingerprint density at radius 2 is 2.12 bits per heavy atom. The van der Waals surface area contributed by atoms with Gasteiger partial charge in [0.05, 0.1) is 12.1 Å². The third-order valence-electron chi connectivity index (χ3n) is 4.49. The normalized spacial score (nSPS) is 17.7. The molecule has 2 aromatic carbocycles. The van der Waals surface area contributed by atoms with Crippen LogP contribution in [0.1, 0.15) is 12.0 Å². The van der Waals surface area contributed by atoms with Crippen LogP contribution in [0.3, 0.4) is 0 Å². The molecular formula is C20H21FN2O3. The van der Waals surface area contributed by atoms with Crippen molar-refractivity contribution in [2.75, 3.05) is 26.2 Å². The molecule has 0 aromatic heterocycles. The van der Waals surface area contributed by atoms with Crippen LogP contribution in [0.5, 0.6) is 0 Å². The summed E-state index contributed by atoms with van der Waals surface area (Å²) in [4.78, 5) is 18.3. The minimum Gasteiger partial charge on any atom is -0.481 e. The van der Waals surface area contributed by atoms with Gasteiger partial charge in [0.15, 0.2) is 0 Å². The fraction of sp³-hybridized carbons (Fsp3) is 0.300. The highest BCUT2D eigenvalue weighted by Gasteiger charge is 2.27. The number of hydrogen-bond acceptors (Lipinski definition) is 4. The number of nitrogens with zero attached hydrogens (tertiary/aromatic N) is 2. The number of aliphatic carboxylic acids is 1. The Balaban J connectivity index is 1.56. The summed E-state index contributed by atoms with van der Waals surface area (Å²) in [6, 6.07) is 14.3.